The summed E-state index contributed by atoms with van der Waals surface area (Å²) in [6.45, 7) is 0. The van der Waals surface area contributed by atoms with Crippen molar-refractivity contribution in [3.05, 3.63) is 64.2 Å². The number of hydrogen-bond donors (Lipinski definition) is 1. The Bertz CT molecular complexity index is 809. The summed E-state index contributed by atoms with van der Waals surface area (Å²) in [5.41, 5.74) is 1.21. The van der Waals surface area contributed by atoms with Crippen LogP contribution in [0.15, 0.2) is 58.5 Å². The van der Waals surface area contributed by atoms with Crippen LogP contribution in [0.25, 0.3) is 10.9 Å². The molecule has 3 rings (SSSR count). The molecule has 0 spiro atoms. The lowest BCUT2D eigenvalue weighted by atomic mass is 10.2. The van der Waals surface area contributed by atoms with Gasteiger partial charge in [0.2, 0.25) is 0 Å². The predicted octanol–water partition coefficient (Wildman–Crippen LogP) is 4.04. The molecule has 0 aliphatic rings. The van der Waals surface area contributed by atoms with Crippen LogP contribution in [-0.2, 0) is 0 Å². The van der Waals surface area contributed by atoms with Crippen molar-refractivity contribution in [3.63, 3.8) is 0 Å². The molecule has 0 radical (unpaired) electrons. The first-order chi connectivity index (χ1) is 10.2. The van der Waals surface area contributed by atoms with Crippen LogP contribution >= 0.6 is 11.8 Å². The number of H-pyrrole nitrogens is 1. The molecule has 1 aromatic heterocycles. The van der Waals surface area contributed by atoms with Crippen molar-refractivity contribution in [2.24, 2.45) is 0 Å². The van der Waals surface area contributed by atoms with E-state index >= 15 is 0 Å². The summed E-state index contributed by atoms with van der Waals surface area (Å²) in [5.74, 6) is 0. The lowest BCUT2D eigenvalue weighted by molar-refractivity contribution is -0.387. The van der Waals surface area contributed by atoms with Gasteiger partial charge in [-0.25, -0.2) is 0 Å². The molecule has 1 heterocycles. The lowest BCUT2D eigenvalue weighted by Crippen LogP contribution is -1.92. The van der Waals surface area contributed by atoms with Crippen LogP contribution in [0.1, 0.15) is 10.4 Å². The molecule has 21 heavy (non-hydrogen) atoms. The predicted molar refractivity (Wildman–Crippen MR) is 80.9 cm³/mol. The zero-order chi connectivity index (χ0) is 14.8. The van der Waals surface area contributed by atoms with Crippen molar-refractivity contribution in [1.29, 1.82) is 0 Å². The second-order valence-electron chi connectivity index (χ2n) is 4.43. The Morgan fingerprint density at radius 1 is 1.14 bits per heavy atom. The molecule has 0 unspecified atom stereocenters. The molecule has 0 aliphatic carbocycles. The number of fused-ring (bicyclic) bond motifs is 1. The van der Waals surface area contributed by atoms with Crippen LogP contribution in [0.2, 0.25) is 0 Å². The number of nitrogens with zero attached hydrogens (tertiary/aromatic N) is 1. The molecule has 0 saturated carbocycles. The first-order valence-electron chi connectivity index (χ1n) is 6.16. The molecule has 0 saturated heterocycles. The van der Waals surface area contributed by atoms with Gasteiger partial charge in [-0.15, -0.1) is 0 Å². The van der Waals surface area contributed by atoms with E-state index in [0.29, 0.717) is 16.7 Å². The Labute approximate surface area is 124 Å². The van der Waals surface area contributed by atoms with Gasteiger partial charge in [0.1, 0.15) is 6.29 Å². The van der Waals surface area contributed by atoms with E-state index in [1.165, 1.54) is 17.8 Å². The molecule has 5 nitrogen and oxygen atoms in total. The minimum atomic E-state index is -0.474. The summed E-state index contributed by atoms with van der Waals surface area (Å²) in [6.07, 6.45) is 0.602. The molecule has 0 bridgehead atoms. The standard InChI is InChI=1S/C15H10N2O3S/c18-9-10-5-6-14(13(7-10)17(19)20)21-15-8-11-3-1-2-4-12(11)16-15/h1-9,16H. The molecule has 6 heteroatoms. The second kappa shape index (κ2) is 5.41. The molecule has 104 valence electrons. The fourth-order valence-corrected chi connectivity index (χ4v) is 3.01. The van der Waals surface area contributed by atoms with Crippen LogP contribution in [0, 0.1) is 10.1 Å². The van der Waals surface area contributed by atoms with E-state index in [1.54, 1.807) is 12.1 Å². The summed E-state index contributed by atoms with van der Waals surface area (Å²) >= 11 is 1.27. The molecular weight excluding hydrogens is 288 g/mol. The smallest absolute Gasteiger partial charge is 0.284 e. The quantitative estimate of drug-likeness (QED) is 0.448. The third-order valence-electron chi connectivity index (χ3n) is 3.04. The minimum absolute atomic E-state index is 0.0664. The molecule has 1 N–H and O–H groups in total. The normalized spacial score (nSPS) is 10.7. The third-order valence-corrected chi connectivity index (χ3v) is 4.05. The van der Waals surface area contributed by atoms with Crippen molar-refractivity contribution >= 4 is 34.6 Å². The van der Waals surface area contributed by atoms with E-state index in [4.69, 9.17) is 0 Å². The number of carbonyl (C=O) groups is 1. The molecule has 0 aliphatic heterocycles. The Hall–Kier alpha value is -2.60. The third kappa shape index (κ3) is 2.66. The molecule has 0 fully saturated rings. The van der Waals surface area contributed by atoms with Crippen LogP contribution in [0.4, 0.5) is 5.69 Å². The summed E-state index contributed by atoms with van der Waals surface area (Å²) < 4.78 is 0. The van der Waals surface area contributed by atoms with Crippen LogP contribution in [-0.4, -0.2) is 16.2 Å². The van der Waals surface area contributed by atoms with Crippen molar-refractivity contribution in [1.82, 2.24) is 4.98 Å². The van der Waals surface area contributed by atoms with Gasteiger partial charge < -0.3 is 4.98 Å². The zero-order valence-electron chi connectivity index (χ0n) is 10.8. The Kier molecular flexibility index (Phi) is 3.45. The first-order valence-corrected chi connectivity index (χ1v) is 6.98. The summed E-state index contributed by atoms with van der Waals surface area (Å²) in [4.78, 5) is 25.1. The van der Waals surface area contributed by atoms with Crippen LogP contribution in [0.3, 0.4) is 0 Å². The van der Waals surface area contributed by atoms with Crippen LogP contribution in [0.5, 0.6) is 0 Å². The molecular formula is C15H10N2O3S. The van der Waals surface area contributed by atoms with E-state index in [2.05, 4.69) is 4.98 Å². The number of aromatic amines is 1. The maximum absolute atomic E-state index is 11.1. The van der Waals surface area contributed by atoms with Crippen LogP contribution < -0.4 is 0 Å². The summed E-state index contributed by atoms with van der Waals surface area (Å²) in [5, 5.41) is 13.0. The van der Waals surface area contributed by atoms with Crippen molar-refractivity contribution in [2.45, 2.75) is 9.92 Å². The van der Waals surface area contributed by atoms with Crippen molar-refractivity contribution in [2.75, 3.05) is 0 Å². The number of rotatable bonds is 4. The highest BCUT2D eigenvalue weighted by Crippen LogP contribution is 2.36. The Morgan fingerprint density at radius 3 is 2.67 bits per heavy atom. The van der Waals surface area contributed by atoms with Gasteiger partial charge in [0.05, 0.1) is 14.8 Å². The van der Waals surface area contributed by atoms with Gasteiger partial charge in [-0.1, -0.05) is 36.0 Å². The van der Waals surface area contributed by atoms with Gasteiger partial charge in [-0.05, 0) is 18.2 Å². The highest BCUT2D eigenvalue weighted by molar-refractivity contribution is 7.99. The number of carbonyl (C=O) groups excluding carboxylic acids is 1. The number of hydrogen-bond acceptors (Lipinski definition) is 4. The maximum atomic E-state index is 11.1. The van der Waals surface area contributed by atoms with Gasteiger partial charge in [0, 0.05) is 22.5 Å². The number of nitrogens with one attached hydrogen (secondary N) is 1. The van der Waals surface area contributed by atoms with E-state index in [0.717, 1.165) is 15.9 Å². The van der Waals surface area contributed by atoms with Crippen molar-refractivity contribution in [3.8, 4) is 0 Å². The minimum Gasteiger partial charge on any atom is -0.349 e. The van der Waals surface area contributed by atoms with E-state index < -0.39 is 4.92 Å². The molecule has 2 aromatic carbocycles. The SMILES string of the molecule is O=Cc1ccc(Sc2cc3ccccc3[nH]2)c([N+](=O)[O-])c1. The van der Waals surface area contributed by atoms with Gasteiger partial charge in [-0.3, -0.25) is 14.9 Å². The van der Waals surface area contributed by atoms with E-state index in [1.807, 2.05) is 30.3 Å². The number of benzene rings is 2. The summed E-state index contributed by atoms with van der Waals surface area (Å²) in [7, 11) is 0. The average Bonchev–Trinajstić information content (AvgIpc) is 2.89. The van der Waals surface area contributed by atoms with Gasteiger partial charge >= 0.3 is 0 Å². The number of para-hydroxylation sites is 1. The Morgan fingerprint density at radius 2 is 1.95 bits per heavy atom. The fourth-order valence-electron chi connectivity index (χ4n) is 2.06. The lowest BCUT2D eigenvalue weighted by Gasteiger charge is -2.01. The largest absolute Gasteiger partial charge is 0.349 e. The maximum Gasteiger partial charge on any atom is 0.284 e. The van der Waals surface area contributed by atoms with Gasteiger partial charge in [0.15, 0.2) is 0 Å². The van der Waals surface area contributed by atoms with E-state index in [-0.39, 0.29) is 5.69 Å². The number of nitro groups is 1. The molecule has 0 amide bonds. The second-order valence-corrected chi connectivity index (χ2v) is 5.51. The number of aldehydes is 1. The molecule has 3 aromatic rings. The highest BCUT2D eigenvalue weighted by atomic mass is 32.2. The highest BCUT2D eigenvalue weighted by Gasteiger charge is 2.16. The summed E-state index contributed by atoms with van der Waals surface area (Å²) in [6, 6.07) is 14.2. The van der Waals surface area contributed by atoms with E-state index in [9.17, 15) is 14.9 Å². The average molecular weight is 298 g/mol. The monoisotopic (exact) mass is 298 g/mol. The molecule has 0 atom stereocenters. The topological polar surface area (TPSA) is 76.0 Å². The fraction of sp³-hybridized carbons (Fsp3) is 0. The first kappa shape index (κ1) is 13.4. The number of nitro benzene ring substituents is 1. The Balaban J connectivity index is 2.00. The van der Waals surface area contributed by atoms with Gasteiger partial charge in [-0.2, -0.15) is 0 Å². The number of aromatic nitrogens is 1. The zero-order valence-corrected chi connectivity index (χ0v) is 11.6. The van der Waals surface area contributed by atoms with Gasteiger partial charge in [0.25, 0.3) is 5.69 Å². The van der Waals surface area contributed by atoms with Crippen molar-refractivity contribution < 1.29 is 9.72 Å².